The minimum Gasteiger partial charge on any atom is -0.340 e. The molecule has 4 rings (SSSR count). The second-order valence-corrected chi connectivity index (χ2v) is 7.14. The van der Waals surface area contributed by atoms with Crippen molar-refractivity contribution in [2.75, 3.05) is 0 Å². The van der Waals surface area contributed by atoms with E-state index in [9.17, 15) is 0 Å². The highest BCUT2D eigenvalue weighted by atomic mass is 15.2. The summed E-state index contributed by atoms with van der Waals surface area (Å²) in [6, 6.07) is 21.8. The van der Waals surface area contributed by atoms with Crippen molar-refractivity contribution in [1.82, 2.24) is 4.90 Å². The lowest BCUT2D eigenvalue weighted by molar-refractivity contribution is 0.449. The van der Waals surface area contributed by atoms with Crippen molar-refractivity contribution in [3.63, 3.8) is 0 Å². The molecule has 0 aromatic heterocycles. The largest absolute Gasteiger partial charge is 0.340 e. The lowest BCUT2D eigenvalue weighted by atomic mass is 9.98. The Hall–Kier alpha value is -2.28. The maximum Gasteiger partial charge on any atom is 0.0483 e. The van der Waals surface area contributed by atoms with Crippen LogP contribution in [0, 0.1) is 5.92 Å². The monoisotopic (exact) mass is 315 g/mol. The van der Waals surface area contributed by atoms with E-state index in [4.69, 9.17) is 0 Å². The first kappa shape index (κ1) is 15.3. The summed E-state index contributed by atoms with van der Waals surface area (Å²) in [5.74, 6) is 0.633. The topological polar surface area (TPSA) is 3.24 Å². The summed E-state index contributed by atoms with van der Waals surface area (Å²) in [6.07, 6.45) is 3.88. The lowest BCUT2D eigenvalue weighted by Crippen LogP contribution is -2.20. The molecule has 1 nitrogen and oxygen atoms in total. The van der Waals surface area contributed by atoms with Gasteiger partial charge in [-0.15, -0.1) is 0 Å². The zero-order valence-electron chi connectivity index (χ0n) is 14.6. The van der Waals surface area contributed by atoms with E-state index in [1.165, 1.54) is 41.7 Å². The Morgan fingerprint density at radius 1 is 0.958 bits per heavy atom. The van der Waals surface area contributed by atoms with Gasteiger partial charge in [0.05, 0.1) is 0 Å². The Morgan fingerprint density at radius 2 is 1.62 bits per heavy atom. The van der Waals surface area contributed by atoms with Crippen LogP contribution in [0.15, 0.2) is 77.5 Å². The molecule has 24 heavy (non-hydrogen) atoms. The molecule has 0 radical (unpaired) electrons. The minimum atomic E-state index is 0.633. The molecule has 1 atom stereocenters. The van der Waals surface area contributed by atoms with Crippen LogP contribution in [0.1, 0.15) is 44.2 Å². The van der Waals surface area contributed by atoms with Crippen LogP contribution in [0.3, 0.4) is 0 Å². The minimum absolute atomic E-state index is 0.633. The highest BCUT2D eigenvalue weighted by molar-refractivity contribution is 5.74. The zero-order chi connectivity index (χ0) is 16.5. The van der Waals surface area contributed by atoms with Crippen LogP contribution >= 0.6 is 0 Å². The van der Waals surface area contributed by atoms with Crippen molar-refractivity contribution in [1.29, 1.82) is 0 Å². The summed E-state index contributed by atoms with van der Waals surface area (Å²) in [6.45, 7) is 5.51. The van der Waals surface area contributed by atoms with Gasteiger partial charge in [0.1, 0.15) is 0 Å². The smallest absolute Gasteiger partial charge is 0.0483 e. The predicted molar refractivity (Wildman–Crippen MR) is 101 cm³/mol. The molecule has 1 saturated carbocycles. The molecule has 1 heteroatoms. The average Bonchev–Trinajstić information content (AvgIpc) is 3.16. The maximum absolute atomic E-state index is 2.60. The number of nitrogens with zero attached hydrogens (tertiary/aromatic N) is 1. The molecule has 1 heterocycles. The maximum atomic E-state index is 2.60. The van der Waals surface area contributed by atoms with E-state index in [0.29, 0.717) is 5.92 Å². The first-order valence-electron chi connectivity index (χ1n) is 9.03. The first-order chi connectivity index (χ1) is 11.8. The van der Waals surface area contributed by atoms with Gasteiger partial charge < -0.3 is 4.90 Å². The lowest BCUT2D eigenvalue weighted by Gasteiger charge is -2.28. The van der Waals surface area contributed by atoms with E-state index in [1.807, 2.05) is 0 Å². The van der Waals surface area contributed by atoms with Crippen LogP contribution in [0.5, 0.6) is 0 Å². The third-order valence-corrected chi connectivity index (χ3v) is 5.30. The average molecular weight is 315 g/mol. The third-order valence-electron chi connectivity index (χ3n) is 5.30. The molecule has 1 unspecified atom stereocenters. The Bertz CT molecular complexity index is 779. The van der Waals surface area contributed by atoms with Crippen molar-refractivity contribution in [2.45, 2.75) is 39.7 Å². The summed E-state index contributed by atoms with van der Waals surface area (Å²) in [5.41, 5.74) is 8.88. The number of hydrogen-bond donors (Lipinski definition) is 0. The van der Waals surface area contributed by atoms with E-state index in [0.717, 1.165) is 6.54 Å². The van der Waals surface area contributed by atoms with Crippen LogP contribution < -0.4 is 0 Å². The molecule has 2 aromatic rings. The van der Waals surface area contributed by atoms with Crippen molar-refractivity contribution in [3.8, 4) is 0 Å². The molecule has 0 bridgehead atoms. The number of benzene rings is 2. The summed E-state index contributed by atoms with van der Waals surface area (Å²) < 4.78 is 0. The SMILES string of the molecule is CC(C)=C1C2CCCC2=C(c2ccccc2)N1Cc1ccccc1. The van der Waals surface area contributed by atoms with Crippen molar-refractivity contribution < 1.29 is 0 Å². The number of hydrogen-bond acceptors (Lipinski definition) is 1. The van der Waals surface area contributed by atoms with Crippen molar-refractivity contribution in [3.05, 3.63) is 88.6 Å². The van der Waals surface area contributed by atoms with Gasteiger partial charge in [-0.05, 0) is 49.8 Å². The Labute approximate surface area is 145 Å². The fourth-order valence-electron chi connectivity index (χ4n) is 4.40. The van der Waals surface area contributed by atoms with Gasteiger partial charge in [0.15, 0.2) is 0 Å². The Balaban J connectivity index is 1.83. The fourth-order valence-corrected chi connectivity index (χ4v) is 4.40. The third kappa shape index (κ3) is 2.58. The van der Waals surface area contributed by atoms with E-state index in [2.05, 4.69) is 79.4 Å². The molecule has 2 aliphatic rings. The highest BCUT2D eigenvalue weighted by Crippen LogP contribution is 2.51. The van der Waals surface area contributed by atoms with E-state index in [-0.39, 0.29) is 0 Å². The van der Waals surface area contributed by atoms with Crippen LogP contribution in [0.25, 0.3) is 5.70 Å². The quantitative estimate of drug-likeness (QED) is 0.670. The number of rotatable bonds is 3. The van der Waals surface area contributed by atoms with Crippen LogP contribution in [-0.4, -0.2) is 4.90 Å². The second-order valence-electron chi connectivity index (χ2n) is 7.14. The van der Waals surface area contributed by atoms with Gasteiger partial charge in [0.2, 0.25) is 0 Å². The van der Waals surface area contributed by atoms with Gasteiger partial charge in [0, 0.05) is 23.9 Å². The molecular weight excluding hydrogens is 290 g/mol. The molecule has 1 aliphatic carbocycles. The van der Waals surface area contributed by atoms with E-state index in [1.54, 1.807) is 11.3 Å². The van der Waals surface area contributed by atoms with Crippen LogP contribution in [0.2, 0.25) is 0 Å². The van der Waals surface area contributed by atoms with Crippen molar-refractivity contribution >= 4 is 5.70 Å². The van der Waals surface area contributed by atoms with Crippen molar-refractivity contribution in [2.24, 2.45) is 5.92 Å². The molecule has 0 spiro atoms. The van der Waals surface area contributed by atoms with Gasteiger partial charge in [-0.25, -0.2) is 0 Å². The number of allylic oxidation sites excluding steroid dienone is 2. The Kier molecular flexibility index (Phi) is 4.02. The normalized spacial score (nSPS) is 19.8. The standard InChI is InChI=1S/C23H25N/c1-17(2)22-20-14-9-15-21(20)23(19-12-7-4-8-13-19)24(22)16-18-10-5-3-6-11-18/h3-8,10-13,20H,9,14-16H2,1-2H3. The highest BCUT2D eigenvalue weighted by Gasteiger charge is 2.39. The zero-order valence-corrected chi connectivity index (χ0v) is 14.6. The Morgan fingerprint density at radius 3 is 2.29 bits per heavy atom. The molecule has 1 fully saturated rings. The molecule has 2 aromatic carbocycles. The van der Waals surface area contributed by atoms with Crippen LogP contribution in [0.4, 0.5) is 0 Å². The molecular formula is C23H25N. The summed E-state index contributed by atoms with van der Waals surface area (Å²) in [4.78, 5) is 2.60. The first-order valence-corrected chi connectivity index (χ1v) is 9.03. The van der Waals surface area contributed by atoms with Gasteiger partial charge in [-0.3, -0.25) is 0 Å². The van der Waals surface area contributed by atoms with Gasteiger partial charge >= 0.3 is 0 Å². The van der Waals surface area contributed by atoms with Gasteiger partial charge in [-0.1, -0.05) is 66.2 Å². The molecule has 1 aliphatic heterocycles. The molecule has 0 saturated heterocycles. The van der Waals surface area contributed by atoms with Gasteiger partial charge in [-0.2, -0.15) is 0 Å². The van der Waals surface area contributed by atoms with Gasteiger partial charge in [0.25, 0.3) is 0 Å². The summed E-state index contributed by atoms with van der Waals surface area (Å²) in [7, 11) is 0. The molecule has 0 N–H and O–H groups in total. The van der Waals surface area contributed by atoms with E-state index < -0.39 is 0 Å². The molecule has 0 amide bonds. The summed E-state index contributed by atoms with van der Waals surface area (Å²) in [5, 5.41) is 0. The van der Waals surface area contributed by atoms with Crippen LogP contribution in [-0.2, 0) is 6.54 Å². The number of fused-ring (bicyclic) bond motifs is 1. The fraction of sp³-hybridized carbons (Fsp3) is 0.304. The predicted octanol–water partition coefficient (Wildman–Crippen LogP) is 6.01. The molecule has 122 valence electrons. The van der Waals surface area contributed by atoms with E-state index >= 15 is 0 Å². The second kappa shape index (κ2) is 6.32. The summed E-state index contributed by atoms with van der Waals surface area (Å²) >= 11 is 0.